The number of allylic oxidation sites excluding steroid dienone is 2. The van der Waals surface area contributed by atoms with Gasteiger partial charge in [0.25, 0.3) is 0 Å². The molecular formula is C18H27N. The second-order valence-corrected chi connectivity index (χ2v) is 7.06. The van der Waals surface area contributed by atoms with Gasteiger partial charge in [-0.15, -0.1) is 0 Å². The molecule has 19 heavy (non-hydrogen) atoms. The average molecular weight is 257 g/mol. The Balaban J connectivity index is 2.26. The maximum absolute atomic E-state index is 3.70. The molecule has 0 atom stereocenters. The molecule has 1 aliphatic carbocycles. The molecule has 0 saturated heterocycles. The van der Waals surface area contributed by atoms with Gasteiger partial charge < -0.3 is 5.32 Å². The minimum Gasteiger partial charge on any atom is -0.311 e. The van der Waals surface area contributed by atoms with E-state index in [-0.39, 0.29) is 11.0 Å². The van der Waals surface area contributed by atoms with Gasteiger partial charge >= 0.3 is 0 Å². The highest BCUT2D eigenvalue weighted by Crippen LogP contribution is 2.37. The summed E-state index contributed by atoms with van der Waals surface area (Å²) in [5, 5.41) is 3.70. The molecule has 0 spiro atoms. The molecule has 104 valence electrons. The summed E-state index contributed by atoms with van der Waals surface area (Å²) in [6, 6.07) is 6.97. The molecule has 0 heterocycles. The van der Waals surface area contributed by atoms with Crippen molar-refractivity contribution in [2.45, 2.75) is 58.4 Å². The van der Waals surface area contributed by atoms with Crippen LogP contribution in [0, 0.1) is 13.8 Å². The van der Waals surface area contributed by atoms with Gasteiger partial charge in [0, 0.05) is 17.5 Å². The zero-order valence-corrected chi connectivity index (χ0v) is 13.0. The molecule has 1 N–H and O–H groups in total. The van der Waals surface area contributed by atoms with Crippen LogP contribution in [0.25, 0.3) is 0 Å². The molecule has 0 saturated carbocycles. The van der Waals surface area contributed by atoms with Gasteiger partial charge in [0.15, 0.2) is 0 Å². The molecule has 0 unspecified atom stereocenters. The van der Waals surface area contributed by atoms with E-state index in [0.29, 0.717) is 0 Å². The third-order valence-electron chi connectivity index (χ3n) is 4.26. The van der Waals surface area contributed by atoms with E-state index in [0.717, 1.165) is 19.4 Å². The lowest BCUT2D eigenvalue weighted by atomic mass is 9.77. The number of rotatable bonds is 3. The summed E-state index contributed by atoms with van der Waals surface area (Å²) in [6.45, 7) is 12.2. The maximum atomic E-state index is 3.70. The van der Waals surface area contributed by atoms with Crippen LogP contribution < -0.4 is 5.32 Å². The Hall–Kier alpha value is -1.08. The molecular weight excluding hydrogens is 230 g/mol. The standard InChI is InChI=1S/C18H27N/c1-14-8-9-16(12-15(14)2)18(10-6-7-11-18)13-19-17(3,4)5/h6-9,12,19H,10-11,13H2,1-5H3. The van der Waals surface area contributed by atoms with Crippen molar-refractivity contribution in [2.24, 2.45) is 0 Å². The largest absolute Gasteiger partial charge is 0.311 e. The Bertz CT molecular complexity index is 469. The summed E-state index contributed by atoms with van der Waals surface area (Å²) < 4.78 is 0. The van der Waals surface area contributed by atoms with E-state index in [1.807, 2.05) is 0 Å². The highest BCUT2D eigenvalue weighted by molar-refractivity contribution is 5.37. The van der Waals surface area contributed by atoms with Gasteiger partial charge in [0.05, 0.1) is 0 Å². The smallest absolute Gasteiger partial charge is 0.0147 e. The minimum atomic E-state index is 0.176. The topological polar surface area (TPSA) is 12.0 Å². The van der Waals surface area contributed by atoms with E-state index in [1.165, 1.54) is 16.7 Å². The van der Waals surface area contributed by atoms with Crippen LogP contribution in [0.2, 0.25) is 0 Å². The van der Waals surface area contributed by atoms with Gasteiger partial charge in [-0.1, -0.05) is 30.4 Å². The average Bonchev–Trinajstić information content (AvgIpc) is 2.79. The van der Waals surface area contributed by atoms with Crippen molar-refractivity contribution < 1.29 is 0 Å². The summed E-state index contributed by atoms with van der Waals surface area (Å²) in [5.41, 5.74) is 4.70. The van der Waals surface area contributed by atoms with Crippen LogP contribution in [-0.4, -0.2) is 12.1 Å². The van der Waals surface area contributed by atoms with E-state index < -0.39 is 0 Å². The Morgan fingerprint density at radius 1 is 1.05 bits per heavy atom. The third kappa shape index (κ3) is 3.27. The van der Waals surface area contributed by atoms with Gasteiger partial charge in [-0.25, -0.2) is 0 Å². The molecule has 1 aliphatic rings. The fraction of sp³-hybridized carbons (Fsp3) is 0.556. The van der Waals surface area contributed by atoms with E-state index in [4.69, 9.17) is 0 Å². The van der Waals surface area contributed by atoms with Crippen LogP contribution >= 0.6 is 0 Å². The molecule has 0 aliphatic heterocycles. The second kappa shape index (κ2) is 5.13. The van der Waals surface area contributed by atoms with Crippen LogP contribution in [-0.2, 0) is 5.41 Å². The first-order valence-corrected chi connectivity index (χ1v) is 7.30. The van der Waals surface area contributed by atoms with Crippen molar-refractivity contribution in [1.29, 1.82) is 0 Å². The fourth-order valence-electron chi connectivity index (χ4n) is 2.69. The van der Waals surface area contributed by atoms with Gasteiger partial charge in [-0.2, -0.15) is 0 Å². The zero-order chi connectivity index (χ0) is 14.1. The Morgan fingerprint density at radius 3 is 2.21 bits per heavy atom. The Morgan fingerprint density at radius 2 is 1.68 bits per heavy atom. The molecule has 1 aromatic carbocycles. The fourth-order valence-corrected chi connectivity index (χ4v) is 2.69. The summed E-state index contributed by atoms with van der Waals surface area (Å²) in [5.74, 6) is 0. The highest BCUT2D eigenvalue weighted by Gasteiger charge is 2.33. The van der Waals surface area contributed by atoms with Crippen molar-refractivity contribution in [3.05, 3.63) is 47.0 Å². The normalized spacial score (nSPS) is 17.9. The summed E-state index contributed by atoms with van der Waals surface area (Å²) in [4.78, 5) is 0. The molecule has 2 rings (SSSR count). The van der Waals surface area contributed by atoms with Crippen molar-refractivity contribution in [2.75, 3.05) is 6.54 Å². The molecule has 0 fully saturated rings. The lowest BCUT2D eigenvalue weighted by Gasteiger charge is -2.34. The van der Waals surface area contributed by atoms with Crippen LogP contribution in [0.3, 0.4) is 0 Å². The summed E-state index contributed by atoms with van der Waals surface area (Å²) in [6.07, 6.45) is 6.97. The van der Waals surface area contributed by atoms with E-state index in [1.54, 1.807) is 0 Å². The van der Waals surface area contributed by atoms with Gasteiger partial charge in [0.2, 0.25) is 0 Å². The van der Waals surface area contributed by atoms with Crippen molar-refractivity contribution in [3.63, 3.8) is 0 Å². The lowest BCUT2D eigenvalue weighted by molar-refractivity contribution is 0.340. The van der Waals surface area contributed by atoms with E-state index in [9.17, 15) is 0 Å². The zero-order valence-electron chi connectivity index (χ0n) is 13.0. The third-order valence-corrected chi connectivity index (χ3v) is 4.26. The van der Waals surface area contributed by atoms with Crippen molar-refractivity contribution >= 4 is 0 Å². The molecule has 1 nitrogen and oxygen atoms in total. The first-order valence-electron chi connectivity index (χ1n) is 7.30. The van der Waals surface area contributed by atoms with Crippen molar-refractivity contribution in [1.82, 2.24) is 5.32 Å². The quantitative estimate of drug-likeness (QED) is 0.797. The van der Waals surface area contributed by atoms with Crippen LogP contribution in [0.15, 0.2) is 30.4 Å². The first-order chi connectivity index (χ1) is 8.82. The van der Waals surface area contributed by atoms with Gasteiger partial charge in [-0.05, 0) is 64.2 Å². The summed E-state index contributed by atoms with van der Waals surface area (Å²) in [7, 11) is 0. The predicted octanol–water partition coefficient (Wildman–Crippen LogP) is 4.28. The molecule has 1 heteroatoms. The Kier molecular flexibility index (Phi) is 3.87. The van der Waals surface area contributed by atoms with Crippen molar-refractivity contribution in [3.8, 4) is 0 Å². The number of aryl methyl sites for hydroxylation is 2. The number of hydrogen-bond acceptors (Lipinski definition) is 1. The Labute approximate surface area is 118 Å². The highest BCUT2D eigenvalue weighted by atomic mass is 15.0. The molecule has 0 bridgehead atoms. The predicted molar refractivity (Wildman–Crippen MR) is 83.7 cm³/mol. The van der Waals surface area contributed by atoms with Crippen LogP contribution in [0.1, 0.15) is 50.3 Å². The first kappa shape index (κ1) is 14.3. The number of hydrogen-bond donors (Lipinski definition) is 1. The number of benzene rings is 1. The monoisotopic (exact) mass is 257 g/mol. The molecule has 0 radical (unpaired) electrons. The molecule has 0 aromatic heterocycles. The van der Waals surface area contributed by atoms with E-state index >= 15 is 0 Å². The minimum absolute atomic E-state index is 0.176. The second-order valence-electron chi connectivity index (χ2n) is 7.06. The lowest BCUT2D eigenvalue weighted by Crippen LogP contribution is -2.45. The van der Waals surface area contributed by atoms with Gasteiger partial charge in [0.1, 0.15) is 0 Å². The number of nitrogens with one attached hydrogen (secondary N) is 1. The molecule has 1 aromatic rings. The SMILES string of the molecule is Cc1ccc(C2(CNC(C)(C)C)CC=CC2)cc1C. The van der Waals surface area contributed by atoms with Crippen LogP contribution in [0.5, 0.6) is 0 Å². The van der Waals surface area contributed by atoms with E-state index in [2.05, 4.69) is 70.3 Å². The van der Waals surface area contributed by atoms with Gasteiger partial charge in [-0.3, -0.25) is 0 Å². The van der Waals surface area contributed by atoms with Crippen LogP contribution in [0.4, 0.5) is 0 Å². The molecule has 0 amide bonds. The summed E-state index contributed by atoms with van der Waals surface area (Å²) >= 11 is 0. The maximum Gasteiger partial charge on any atom is 0.0147 e.